The summed E-state index contributed by atoms with van der Waals surface area (Å²) in [5.74, 6) is 0.413. The first-order chi connectivity index (χ1) is 9.87. The highest BCUT2D eigenvalue weighted by Crippen LogP contribution is 2.43. The molecule has 2 atom stereocenters. The number of aromatic nitrogens is 2. The first-order valence-corrected chi connectivity index (χ1v) is 7.05. The minimum absolute atomic E-state index is 0.0554. The van der Waals surface area contributed by atoms with E-state index in [4.69, 9.17) is 0 Å². The highest BCUT2D eigenvalue weighted by atomic mass is 16.6. The van der Waals surface area contributed by atoms with E-state index in [2.05, 4.69) is 20.6 Å². The average Bonchev–Trinajstić information content (AvgIpc) is 2.44. The molecule has 2 rings (SSSR count). The molecule has 116 valence electrons. The lowest BCUT2D eigenvalue weighted by atomic mass is 9.64. The molecule has 1 aliphatic rings. The van der Waals surface area contributed by atoms with Gasteiger partial charge in [-0.2, -0.15) is 0 Å². The molecule has 1 aromatic heterocycles. The van der Waals surface area contributed by atoms with Crippen molar-refractivity contribution in [3.05, 3.63) is 16.4 Å². The summed E-state index contributed by atoms with van der Waals surface area (Å²) in [5.41, 5.74) is -0.487. The van der Waals surface area contributed by atoms with Gasteiger partial charge in [0, 0.05) is 18.0 Å². The van der Waals surface area contributed by atoms with Crippen molar-refractivity contribution in [2.45, 2.75) is 45.8 Å². The Morgan fingerprint density at radius 3 is 2.67 bits per heavy atom. The first-order valence-electron chi connectivity index (χ1n) is 7.05. The summed E-state index contributed by atoms with van der Waals surface area (Å²) in [6.45, 7) is 6.41. The van der Waals surface area contributed by atoms with Crippen LogP contribution in [0.1, 0.15) is 33.6 Å². The minimum Gasteiger partial charge on any atom is -0.392 e. The maximum absolute atomic E-state index is 11.3. The number of nitrogens with one attached hydrogen (secondary N) is 2. The maximum atomic E-state index is 11.3. The van der Waals surface area contributed by atoms with Crippen molar-refractivity contribution in [1.29, 1.82) is 0 Å². The number of aliphatic hydroxyl groups excluding tert-OH is 1. The van der Waals surface area contributed by atoms with Crippen molar-refractivity contribution in [3.8, 4) is 0 Å². The van der Waals surface area contributed by atoms with Crippen LogP contribution in [0.2, 0.25) is 0 Å². The Balaban J connectivity index is 2.25. The predicted octanol–water partition coefficient (Wildman–Crippen LogP) is 1.78. The molecule has 0 aliphatic heterocycles. The molecule has 0 radical (unpaired) electrons. The van der Waals surface area contributed by atoms with Crippen LogP contribution in [0.25, 0.3) is 0 Å². The Morgan fingerprint density at radius 2 is 2.14 bits per heavy atom. The van der Waals surface area contributed by atoms with Gasteiger partial charge >= 0.3 is 5.69 Å². The zero-order chi connectivity index (χ0) is 15.6. The highest BCUT2D eigenvalue weighted by molar-refractivity contribution is 5.69. The van der Waals surface area contributed by atoms with E-state index in [1.54, 1.807) is 0 Å². The van der Waals surface area contributed by atoms with E-state index in [9.17, 15) is 15.2 Å². The minimum atomic E-state index is -0.484. The van der Waals surface area contributed by atoms with Crippen LogP contribution in [0.5, 0.6) is 0 Å². The third-order valence-corrected chi connectivity index (χ3v) is 4.07. The second kappa shape index (κ2) is 5.80. The molecule has 0 aromatic carbocycles. The van der Waals surface area contributed by atoms with Gasteiger partial charge in [-0.15, -0.1) is 0 Å². The number of hydrogen-bond donors (Lipinski definition) is 3. The number of nitrogens with zero attached hydrogens (tertiary/aromatic N) is 3. The van der Waals surface area contributed by atoms with Crippen LogP contribution in [0.4, 0.5) is 17.3 Å². The van der Waals surface area contributed by atoms with Gasteiger partial charge in [-0.3, -0.25) is 10.1 Å². The number of hydrogen-bond acceptors (Lipinski definition) is 7. The molecule has 0 bridgehead atoms. The summed E-state index contributed by atoms with van der Waals surface area (Å²) in [4.78, 5) is 18.8. The molecule has 0 amide bonds. The molecular formula is C13H21N5O3. The zero-order valence-electron chi connectivity index (χ0n) is 12.5. The number of anilines is 2. The van der Waals surface area contributed by atoms with Crippen LogP contribution in [0.15, 0.2) is 6.33 Å². The third kappa shape index (κ3) is 2.90. The summed E-state index contributed by atoms with van der Waals surface area (Å²) in [6, 6.07) is -0.0554. The molecule has 1 aliphatic carbocycles. The summed E-state index contributed by atoms with van der Waals surface area (Å²) in [7, 11) is 0. The molecule has 8 nitrogen and oxygen atoms in total. The smallest absolute Gasteiger partial charge is 0.353 e. The van der Waals surface area contributed by atoms with Crippen LogP contribution in [0, 0.1) is 15.5 Å². The van der Waals surface area contributed by atoms with Gasteiger partial charge in [0.15, 0.2) is 0 Å². The Kier molecular flexibility index (Phi) is 4.26. The normalized spacial score (nSPS) is 23.2. The van der Waals surface area contributed by atoms with Crippen molar-refractivity contribution in [2.75, 3.05) is 17.2 Å². The van der Waals surface area contributed by atoms with Gasteiger partial charge in [0.25, 0.3) is 0 Å². The van der Waals surface area contributed by atoms with Gasteiger partial charge in [-0.25, -0.2) is 9.97 Å². The molecule has 2 unspecified atom stereocenters. The van der Waals surface area contributed by atoms with Crippen LogP contribution in [-0.2, 0) is 0 Å². The van der Waals surface area contributed by atoms with Crippen LogP contribution in [-0.4, -0.2) is 38.7 Å². The molecule has 1 aromatic rings. The van der Waals surface area contributed by atoms with Crippen molar-refractivity contribution >= 4 is 17.3 Å². The molecule has 21 heavy (non-hydrogen) atoms. The fourth-order valence-corrected chi connectivity index (χ4v) is 2.34. The fourth-order valence-electron chi connectivity index (χ4n) is 2.34. The van der Waals surface area contributed by atoms with E-state index in [1.165, 1.54) is 6.33 Å². The van der Waals surface area contributed by atoms with Crippen molar-refractivity contribution in [1.82, 2.24) is 9.97 Å². The lowest BCUT2D eigenvalue weighted by Crippen LogP contribution is -2.57. The second-order valence-corrected chi connectivity index (χ2v) is 5.87. The van der Waals surface area contributed by atoms with E-state index >= 15 is 0 Å². The van der Waals surface area contributed by atoms with E-state index in [0.717, 1.165) is 6.42 Å². The van der Waals surface area contributed by atoms with Gasteiger partial charge in [-0.05, 0) is 12.8 Å². The van der Waals surface area contributed by atoms with Gasteiger partial charge in [-0.1, -0.05) is 20.8 Å². The molecule has 0 spiro atoms. The Morgan fingerprint density at radius 1 is 1.48 bits per heavy atom. The fraction of sp³-hybridized carbons (Fsp3) is 0.692. The molecule has 8 heteroatoms. The highest BCUT2D eigenvalue weighted by Gasteiger charge is 2.48. The largest absolute Gasteiger partial charge is 0.392 e. The predicted molar refractivity (Wildman–Crippen MR) is 79.3 cm³/mol. The molecular weight excluding hydrogens is 274 g/mol. The molecule has 1 heterocycles. The van der Waals surface area contributed by atoms with Crippen molar-refractivity contribution < 1.29 is 10.0 Å². The topological polar surface area (TPSA) is 113 Å². The van der Waals surface area contributed by atoms with Crippen molar-refractivity contribution in [3.63, 3.8) is 0 Å². The summed E-state index contributed by atoms with van der Waals surface area (Å²) in [5, 5.41) is 27.1. The zero-order valence-corrected chi connectivity index (χ0v) is 12.5. The van der Waals surface area contributed by atoms with Gasteiger partial charge in [0.1, 0.15) is 6.33 Å². The van der Waals surface area contributed by atoms with E-state index in [0.29, 0.717) is 13.0 Å². The lowest BCUT2D eigenvalue weighted by Gasteiger charge is -2.49. The molecule has 0 saturated heterocycles. The number of nitro groups is 1. The van der Waals surface area contributed by atoms with E-state index in [1.807, 2.05) is 20.8 Å². The summed E-state index contributed by atoms with van der Waals surface area (Å²) < 4.78 is 0. The second-order valence-electron chi connectivity index (χ2n) is 5.87. The maximum Gasteiger partial charge on any atom is 0.353 e. The Bertz CT molecular complexity index is 535. The monoisotopic (exact) mass is 295 g/mol. The average molecular weight is 295 g/mol. The summed E-state index contributed by atoms with van der Waals surface area (Å²) in [6.07, 6.45) is 2.28. The van der Waals surface area contributed by atoms with E-state index in [-0.39, 0.29) is 28.8 Å². The van der Waals surface area contributed by atoms with Crippen molar-refractivity contribution in [2.24, 2.45) is 5.41 Å². The van der Waals surface area contributed by atoms with Gasteiger partial charge in [0.05, 0.1) is 11.0 Å². The van der Waals surface area contributed by atoms with Crippen LogP contribution in [0.3, 0.4) is 0 Å². The number of aliphatic hydroxyl groups is 1. The van der Waals surface area contributed by atoms with Gasteiger partial charge in [0.2, 0.25) is 11.6 Å². The lowest BCUT2D eigenvalue weighted by molar-refractivity contribution is -0.383. The third-order valence-electron chi connectivity index (χ3n) is 4.07. The quantitative estimate of drug-likeness (QED) is 0.541. The summed E-state index contributed by atoms with van der Waals surface area (Å²) >= 11 is 0. The first kappa shape index (κ1) is 15.4. The standard InChI is InChI=1S/C13H21N5O3/c1-4-5-14-11-10(18(20)21)12(16-7-15-11)17-8-6-9(19)13(8,2)3/h7-9,19H,4-6H2,1-3H3,(H2,14,15,16,17). The molecule has 1 fully saturated rings. The van der Waals surface area contributed by atoms with E-state index < -0.39 is 11.0 Å². The van der Waals surface area contributed by atoms with Crippen LogP contribution >= 0.6 is 0 Å². The molecule has 3 N–H and O–H groups in total. The Labute approximate surface area is 123 Å². The SMILES string of the molecule is CCCNc1ncnc(NC2CC(O)C2(C)C)c1[N+](=O)[O-]. The van der Waals surface area contributed by atoms with Crippen LogP contribution < -0.4 is 10.6 Å². The van der Waals surface area contributed by atoms with Gasteiger partial charge < -0.3 is 15.7 Å². The number of rotatable bonds is 6. The Hall–Kier alpha value is -1.96. The molecule has 1 saturated carbocycles.